The van der Waals surface area contributed by atoms with Gasteiger partial charge >= 0.3 is 6.18 Å². The van der Waals surface area contributed by atoms with Crippen molar-refractivity contribution in [3.63, 3.8) is 0 Å². The maximum Gasteiger partial charge on any atom is 0.416 e. The number of methoxy groups -OCH3 is 1. The van der Waals surface area contributed by atoms with Gasteiger partial charge in [-0.1, -0.05) is 0 Å². The van der Waals surface area contributed by atoms with Crippen LogP contribution in [0.15, 0.2) is 0 Å². The van der Waals surface area contributed by atoms with Crippen LogP contribution >= 0.6 is 0 Å². The largest absolute Gasteiger partial charge is 0.416 e. The lowest BCUT2D eigenvalue weighted by molar-refractivity contribution is -0.258. The number of hydrogen-bond donors (Lipinski definition) is 0. The van der Waals surface area contributed by atoms with E-state index in [0.29, 0.717) is 0 Å². The molecule has 0 saturated carbocycles. The highest BCUT2D eigenvalue weighted by Gasteiger charge is 2.42. The molecular weight excluding hydrogens is 225 g/mol. The molecule has 0 unspecified atom stereocenters. The lowest BCUT2D eigenvalue weighted by Gasteiger charge is -2.28. The van der Waals surface area contributed by atoms with Gasteiger partial charge in [0.25, 0.3) is 0 Å². The Kier molecular flexibility index (Phi) is 6.28. The molecule has 0 N–H and O–H groups in total. The predicted octanol–water partition coefficient (Wildman–Crippen LogP) is 2.40. The molecule has 98 valence electrons. The first-order valence-electron chi connectivity index (χ1n) is 4.98. The van der Waals surface area contributed by atoms with Gasteiger partial charge in [0.15, 0.2) is 6.10 Å². The highest BCUT2D eigenvalue weighted by atomic mass is 19.4. The number of hydrogen-bond acceptors (Lipinski definition) is 3. The first-order chi connectivity index (χ1) is 7.17. The molecule has 0 bridgehead atoms. The summed E-state index contributed by atoms with van der Waals surface area (Å²) >= 11 is 0. The first-order valence-corrected chi connectivity index (χ1v) is 4.98. The van der Waals surface area contributed by atoms with Crippen molar-refractivity contribution in [2.75, 3.05) is 26.9 Å². The van der Waals surface area contributed by atoms with Gasteiger partial charge in [-0.05, 0) is 20.8 Å². The van der Waals surface area contributed by atoms with Crippen LogP contribution in [-0.4, -0.2) is 44.8 Å². The number of rotatable bonds is 6. The number of halogens is 3. The fourth-order valence-electron chi connectivity index (χ4n) is 0.955. The van der Waals surface area contributed by atoms with Gasteiger partial charge in [0, 0.05) is 7.11 Å². The SMILES string of the molecule is COCCOC[C@@H](OC(C)(C)C)C(F)(F)F. The molecule has 0 aromatic heterocycles. The Labute approximate surface area is 93.9 Å². The summed E-state index contributed by atoms with van der Waals surface area (Å²) in [5, 5.41) is 0. The number of ether oxygens (including phenoxy) is 3. The van der Waals surface area contributed by atoms with Gasteiger partial charge in [0.1, 0.15) is 0 Å². The van der Waals surface area contributed by atoms with E-state index in [9.17, 15) is 13.2 Å². The summed E-state index contributed by atoms with van der Waals surface area (Å²) in [6, 6.07) is 0. The van der Waals surface area contributed by atoms with Crippen LogP contribution in [0.25, 0.3) is 0 Å². The predicted molar refractivity (Wildman–Crippen MR) is 53.4 cm³/mol. The number of alkyl halides is 3. The van der Waals surface area contributed by atoms with Crippen molar-refractivity contribution >= 4 is 0 Å². The van der Waals surface area contributed by atoms with Crippen LogP contribution in [0.5, 0.6) is 0 Å². The molecule has 0 aromatic rings. The van der Waals surface area contributed by atoms with Crippen LogP contribution in [0.1, 0.15) is 20.8 Å². The van der Waals surface area contributed by atoms with Crippen molar-refractivity contribution < 1.29 is 27.4 Å². The summed E-state index contributed by atoms with van der Waals surface area (Å²) in [6.07, 6.45) is -6.32. The summed E-state index contributed by atoms with van der Waals surface area (Å²) < 4.78 is 52.0. The fourth-order valence-corrected chi connectivity index (χ4v) is 0.955. The Morgan fingerprint density at radius 3 is 2.00 bits per heavy atom. The Bertz CT molecular complexity index is 187. The van der Waals surface area contributed by atoms with Crippen LogP contribution < -0.4 is 0 Å². The minimum absolute atomic E-state index is 0.122. The minimum atomic E-state index is -4.42. The highest BCUT2D eigenvalue weighted by Crippen LogP contribution is 2.26. The molecule has 0 aliphatic carbocycles. The van der Waals surface area contributed by atoms with Gasteiger partial charge in [-0.25, -0.2) is 0 Å². The molecule has 0 aromatic carbocycles. The second-order valence-corrected chi connectivity index (χ2v) is 4.33. The maximum atomic E-state index is 12.5. The third kappa shape index (κ3) is 7.90. The minimum Gasteiger partial charge on any atom is -0.382 e. The summed E-state index contributed by atoms with van der Waals surface area (Å²) in [7, 11) is 1.45. The standard InChI is InChI=1S/C10H19F3O3/c1-9(2,3)16-8(10(11,12)13)7-15-6-5-14-4/h8H,5-7H2,1-4H3/t8-/m1/s1. The average molecular weight is 244 g/mol. The van der Waals surface area contributed by atoms with Crippen molar-refractivity contribution in [2.24, 2.45) is 0 Å². The second kappa shape index (κ2) is 6.42. The molecule has 0 radical (unpaired) electrons. The summed E-state index contributed by atoms with van der Waals surface area (Å²) in [4.78, 5) is 0. The molecule has 0 fully saturated rings. The molecule has 0 aliphatic heterocycles. The van der Waals surface area contributed by atoms with Crippen molar-refractivity contribution in [2.45, 2.75) is 38.7 Å². The Morgan fingerprint density at radius 1 is 1.06 bits per heavy atom. The first kappa shape index (κ1) is 15.7. The molecule has 3 nitrogen and oxygen atoms in total. The van der Waals surface area contributed by atoms with Crippen LogP contribution in [0.2, 0.25) is 0 Å². The van der Waals surface area contributed by atoms with Gasteiger partial charge in [0.05, 0.1) is 25.4 Å². The lowest BCUT2D eigenvalue weighted by atomic mass is 10.2. The second-order valence-electron chi connectivity index (χ2n) is 4.33. The van der Waals surface area contributed by atoms with Crippen molar-refractivity contribution in [3.05, 3.63) is 0 Å². The fraction of sp³-hybridized carbons (Fsp3) is 1.00. The Balaban J connectivity index is 4.13. The van der Waals surface area contributed by atoms with Gasteiger partial charge in [-0.15, -0.1) is 0 Å². The molecule has 0 rings (SSSR count). The zero-order valence-electron chi connectivity index (χ0n) is 10.1. The zero-order chi connectivity index (χ0) is 12.8. The van der Waals surface area contributed by atoms with E-state index < -0.39 is 24.5 Å². The quantitative estimate of drug-likeness (QED) is 0.671. The molecule has 6 heteroatoms. The average Bonchev–Trinajstić information content (AvgIpc) is 2.06. The van der Waals surface area contributed by atoms with Gasteiger partial charge < -0.3 is 14.2 Å². The van der Waals surface area contributed by atoms with Crippen LogP contribution in [0, 0.1) is 0 Å². The van der Waals surface area contributed by atoms with E-state index in [1.165, 1.54) is 7.11 Å². The lowest BCUT2D eigenvalue weighted by Crippen LogP contribution is -2.41. The highest BCUT2D eigenvalue weighted by molar-refractivity contribution is 4.72. The van der Waals surface area contributed by atoms with E-state index in [2.05, 4.69) is 4.74 Å². The summed E-state index contributed by atoms with van der Waals surface area (Å²) in [5.74, 6) is 0. The Hall–Kier alpha value is -0.330. The van der Waals surface area contributed by atoms with E-state index in [1.54, 1.807) is 20.8 Å². The van der Waals surface area contributed by atoms with Gasteiger partial charge in [0.2, 0.25) is 0 Å². The summed E-state index contributed by atoms with van der Waals surface area (Å²) in [5.41, 5.74) is -0.856. The monoisotopic (exact) mass is 244 g/mol. The van der Waals surface area contributed by atoms with Gasteiger partial charge in [-0.2, -0.15) is 13.2 Å². The molecule has 0 aliphatic rings. The topological polar surface area (TPSA) is 27.7 Å². The van der Waals surface area contributed by atoms with E-state index in [1.807, 2.05) is 0 Å². The third-order valence-electron chi connectivity index (χ3n) is 1.56. The van der Waals surface area contributed by atoms with E-state index in [0.717, 1.165) is 0 Å². The summed E-state index contributed by atoms with van der Waals surface area (Å²) in [6.45, 7) is 4.59. The van der Waals surface area contributed by atoms with Crippen molar-refractivity contribution in [1.82, 2.24) is 0 Å². The van der Waals surface area contributed by atoms with Crippen LogP contribution in [0.4, 0.5) is 13.2 Å². The zero-order valence-corrected chi connectivity index (χ0v) is 10.1. The van der Waals surface area contributed by atoms with E-state index in [4.69, 9.17) is 9.47 Å². The molecule has 0 heterocycles. The third-order valence-corrected chi connectivity index (χ3v) is 1.56. The Morgan fingerprint density at radius 2 is 1.62 bits per heavy atom. The van der Waals surface area contributed by atoms with E-state index in [-0.39, 0.29) is 13.2 Å². The molecule has 0 saturated heterocycles. The van der Waals surface area contributed by atoms with Crippen molar-refractivity contribution in [1.29, 1.82) is 0 Å². The molecular formula is C10H19F3O3. The van der Waals surface area contributed by atoms with Crippen LogP contribution in [-0.2, 0) is 14.2 Å². The van der Waals surface area contributed by atoms with E-state index >= 15 is 0 Å². The smallest absolute Gasteiger partial charge is 0.382 e. The van der Waals surface area contributed by atoms with Crippen LogP contribution in [0.3, 0.4) is 0 Å². The molecule has 0 spiro atoms. The van der Waals surface area contributed by atoms with Crippen molar-refractivity contribution in [3.8, 4) is 0 Å². The maximum absolute atomic E-state index is 12.5. The normalized spacial score (nSPS) is 15.2. The molecule has 16 heavy (non-hydrogen) atoms. The molecule has 0 amide bonds. The van der Waals surface area contributed by atoms with Gasteiger partial charge in [-0.3, -0.25) is 0 Å². The molecule has 1 atom stereocenters.